The van der Waals surface area contributed by atoms with Crippen molar-refractivity contribution in [2.45, 2.75) is 18.5 Å². The highest BCUT2D eigenvalue weighted by atomic mass is 35.5. The maximum atomic E-state index is 13.7. The lowest BCUT2D eigenvalue weighted by Gasteiger charge is -2.09. The third-order valence-electron chi connectivity index (χ3n) is 4.55. The topological polar surface area (TPSA) is 88.9 Å². The predicted octanol–water partition coefficient (Wildman–Crippen LogP) is 3.62. The van der Waals surface area contributed by atoms with Gasteiger partial charge in [0.2, 0.25) is 5.91 Å². The molecule has 0 aliphatic carbocycles. The van der Waals surface area contributed by atoms with E-state index in [0.717, 1.165) is 5.56 Å². The monoisotopic (exact) mass is 461 g/mol. The molecule has 2 N–H and O–H groups in total. The molecular formula is C21H21ClFN5O2S. The Bertz CT molecular complexity index is 1110. The Morgan fingerprint density at radius 1 is 1.16 bits per heavy atom. The number of nitrogens with one attached hydrogen (secondary N) is 2. The van der Waals surface area contributed by atoms with E-state index in [2.05, 4.69) is 20.8 Å². The number of halogens is 2. The van der Waals surface area contributed by atoms with Crippen LogP contribution >= 0.6 is 23.4 Å². The molecule has 2 amide bonds. The standard InChI is InChI=1S/C21H21ClFN5O2S/c1-13-15(22)7-5-9-17(13)25-19(29)12-31-21-27-26-18(28(21)2)10-11-24-20(30)14-6-3-4-8-16(14)23/h3-9H,10-12H2,1-2H3,(H,24,30)(H,25,29). The second-order valence-corrected chi connectivity index (χ2v) is 8.04. The summed E-state index contributed by atoms with van der Waals surface area (Å²) in [6.45, 7) is 2.11. The van der Waals surface area contributed by atoms with Gasteiger partial charge in [0.05, 0.1) is 11.3 Å². The second-order valence-electron chi connectivity index (χ2n) is 6.69. The number of anilines is 1. The zero-order valence-corrected chi connectivity index (χ0v) is 18.6. The van der Waals surface area contributed by atoms with E-state index < -0.39 is 11.7 Å². The minimum Gasteiger partial charge on any atom is -0.351 e. The second kappa shape index (κ2) is 10.4. The van der Waals surface area contributed by atoms with Gasteiger partial charge in [0.1, 0.15) is 11.6 Å². The van der Waals surface area contributed by atoms with E-state index >= 15 is 0 Å². The molecule has 3 aromatic rings. The number of amides is 2. The number of aromatic nitrogens is 3. The molecule has 0 bridgehead atoms. The van der Waals surface area contributed by atoms with Crippen LogP contribution in [-0.2, 0) is 18.3 Å². The van der Waals surface area contributed by atoms with Crippen molar-refractivity contribution >= 4 is 40.9 Å². The van der Waals surface area contributed by atoms with Gasteiger partial charge < -0.3 is 15.2 Å². The first-order chi connectivity index (χ1) is 14.9. The molecule has 0 aliphatic heterocycles. The Balaban J connectivity index is 1.49. The van der Waals surface area contributed by atoms with E-state index in [0.29, 0.717) is 28.1 Å². The Kier molecular flexibility index (Phi) is 7.64. The fourth-order valence-electron chi connectivity index (χ4n) is 2.78. The molecule has 0 saturated heterocycles. The molecule has 0 radical (unpaired) electrons. The zero-order chi connectivity index (χ0) is 22.4. The van der Waals surface area contributed by atoms with Crippen molar-refractivity contribution in [2.24, 2.45) is 7.05 Å². The quantitative estimate of drug-likeness (QED) is 0.500. The molecule has 0 aliphatic rings. The number of benzene rings is 2. The third kappa shape index (κ3) is 5.83. The fraction of sp³-hybridized carbons (Fsp3) is 0.238. The smallest absolute Gasteiger partial charge is 0.254 e. The van der Waals surface area contributed by atoms with Crippen molar-refractivity contribution in [1.82, 2.24) is 20.1 Å². The summed E-state index contributed by atoms with van der Waals surface area (Å²) in [6.07, 6.45) is 0.415. The van der Waals surface area contributed by atoms with Gasteiger partial charge in [0, 0.05) is 30.7 Å². The van der Waals surface area contributed by atoms with Gasteiger partial charge >= 0.3 is 0 Å². The van der Waals surface area contributed by atoms with Gasteiger partial charge in [-0.3, -0.25) is 9.59 Å². The van der Waals surface area contributed by atoms with E-state index in [4.69, 9.17) is 11.6 Å². The van der Waals surface area contributed by atoms with E-state index in [1.54, 1.807) is 35.9 Å². The van der Waals surface area contributed by atoms with Gasteiger partial charge in [0.15, 0.2) is 5.16 Å². The highest BCUT2D eigenvalue weighted by molar-refractivity contribution is 7.99. The summed E-state index contributed by atoms with van der Waals surface area (Å²) >= 11 is 7.33. The molecule has 0 atom stereocenters. The summed E-state index contributed by atoms with van der Waals surface area (Å²) in [5.41, 5.74) is 1.47. The molecule has 2 aromatic carbocycles. The minimum absolute atomic E-state index is 0.00216. The van der Waals surface area contributed by atoms with Gasteiger partial charge in [-0.2, -0.15) is 0 Å². The SMILES string of the molecule is Cc1c(Cl)cccc1NC(=O)CSc1nnc(CCNC(=O)c2ccccc2F)n1C. The molecule has 0 spiro atoms. The summed E-state index contributed by atoms with van der Waals surface area (Å²) in [7, 11) is 1.79. The lowest BCUT2D eigenvalue weighted by atomic mass is 10.2. The number of carbonyl (C=O) groups is 2. The van der Waals surface area contributed by atoms with Gasteiger partial charge in [-0.05, 0) is 36.8 Å². The lowest BCUT2D eigenvalue weighted by Crippen LogP contribution is -2.27. The number of nitrogens with zero attached hydrogens (tertiary/aromatic N) is 3. The average molecular weight is 462 g/mol. The summed E-state index contributed by atoms with van der Waals surface area (Å²) in [6, 6.07) is 11.1. The highest BCUT2D eigenvalue weighted by Gasteiger charge is 2.14. The number of hydrogen-bond donors (Lipinski definition) is 2. The van der Waals surface area contributed by atoms with Crippen LogP contribution in [-0.4, -0.2) is 38.9 Å². The van der Waals surface area contributed by atoms with Crippen LogP contribution in [0, 0.1) is 12.7 Å². The predicted molar refractivity (Wildman–Crippen MR) is 119 cm³/mol. The van der Waals surface area contributed by atoms with Crippen LogP contribution in [0.4, 0.5) is 10.1 Å². The molecule has 0 fully saturated rings. The number of carbonyl (C=O) groups excluding carboxylic acids is 2. The van der Waals surface area contributed by atoms with Gasteiger partial charge in [-0.25, -0.2) is 4.39 Å². The van der Waals surface area contributed by atoms with Crippen LogP contribution in [0.2, 0.25) is 5.02 Å². The zero-order valence-electron chi connectivity index (χ0n) is 17.0. The summed E-state index contributed by atoms with van der Waals surface area (Å²) in [5.74, 6) is -0.437. The van der Waals surface area contributed by atoms with Crippen molar-refractivity contribution in [2.75, 3.05) is 17.6 Å². The average Bonchev–Trinajstić information content (AvgIpc) is 3.09. The summed E-state index contributed by atoms with van der Waals surface area (Å²) in [4.78, 5) is 24.3. The van der Waals surface area contributed by atoms with Crippen LogP contribution in [0.25, 0.3) is 0 Å². The van der Waals surface area contributed by atoms with Crippen LogP contribution in [0.15, 0.2) is 47.6 Å². The molecule has 31 heavy (non-hydrogen) atoms. The normalized spacial score (nSPS) is 10.7. The first kappa shape index (κ1) is 22.8. The molecule has 10 heteroatoms. The molecule has 162 valence electrons. The summed E-state index contributed by atoms with van der Waals surface area (Å²) < 4.78 is 15.4. The third-order valence-corrected chi connectivity index (χ3v) is 5.98. The van der Waals surface area contributed by atoms with Crippen LogP contribution in [0.3, 0.4) is 0 Å². The largest absolute Gasteiger partial charge is 0.351 e. The Labute approximate surface area is 188 Å². The Hall–Kier alpha value is -2.91. The lowest BCUT2D eigenvalue weighted by molar-refractivity contribution is -0.113. The molecule has 1 heterocycles. The first-order valence-electron chi connectivity index (χ1n) is 9.45. The van der Waals surface area contributed by atoms with E-state index in [1.165, 1.54) is 30.0 Å². The van der Waals surface area contributed by atoms with Gasteiger partial charge in [-0.1, -0.05) is 41.6 Å². The molecule has 3 rings (SSSR count). The number of rotatable bonds is 8. The maximum absolute atomic E-state index is 13.7. The fourth-order valence-corrected chi connectivity index (χ4v) is 3.68. The van der Waals surface area contributed by atoms with Crippen molar-refractivity contribution < 1.29 is 14.0 Å². The van der Waals surface area contributed by atoms with E-state index in [9.17, 15) is 14.0 Å². The van der Waals surface area contributed by atoms with E-state index in [1.807, 2.05) is 6.92 Å². The minimum atomic E-state index is -0.566. The Morgan fingerprint density at radius 2 is 1.94 bits per heavy atom. The van der Waals surface area contributed by atoms with Crippen molar-refractivity contribution in [1.29, 1.82) is 0 Å². The molecular weight excluding hydrogens is 441 g/mol. The molecule has 1 aromatic heterocycles. The van der Waals surface area contributed by atoms with Crippen molar-refractivity contribution in [3.63, 3.8) is 0 Å². The van der Waals surface area contributed by atoms with Crippen molar-refractivity contribution in [3.05, 3.63) is 70.3 Å². The van der Waals surface area contributed by atoms with Gasteiger partial charge in [-0.15, -0.1) is 10.2 Å². The summed E-state index contributed by atoms with van der Waals surface area (Å²) in [5, 5.41) is 14.9. The Morgan fingerprint density at radius 3 is 2.71 bits per heavy atom. The van der Waals surface area contributed by atoms with E-state index in [-0.39, 0.29) is 23.8 Å². The van der Waals surface area contributed by atoms with Crippen LogP contribution in [0.5, 0.6) is 0 Å². The molecule has 0 unspecified atom stereocenters. The maximum Gasteiger partial charge on any atom is 0.254 e. The molecule has 7 nitrogen and oxygen atoms in total. The number of thioether (sulfide) groups is 1. The molecule has 0 saturated carbocycles. The van der Waals surface area contributed by atoms with Crippen LogP contribution in [0.1, 0.15) is 21.7 Å². The van der Waals surface area contributed by atoms with Crippen molar-refractivity contribution in [3.8, 4) is 0 Å². The first-order valence-corrected chi connectivity index (χ1v) is 10.8. The van der Waals surface area contributed by atoms with Crippen LogP contribution < -0.4 is 10.6 Å². The van der Waals surface area contributed by atoms with Gasteiger partial charge in [0.25, 0.3) is 5.91 Å². The number of hydrogen-bond acceptors (Lipinski definition) is 5. The highest BCUT2D eigenvalue weighted by Crippen LogP contribution is 2.23.